The van der Waals surface area contributed by atoms with Gasteiger partial charge in [-0.1, -0.05) is 0 Å². The maximum absolute atomic E-state index is 6.06. The van der Waals surface area contributed by atoms with Crippen LogP contribution in [0.3, 0.4) is 0 Å². The van der Waals surface area contributed by atoms with Crippen molar-refractivity contribution in [2.45, 2.75) is 50.5 Å². The van der Waals surface area contributed by atoms with Gasteiger partial charge in [-0.2, -0.15) is 0 Å². The van der Waals surface area contributed by atoms with E-state index < -0.39 is 0 Å². The number of nitrogens with two attached hydrogens (primary N) is 1. The van der Waals surface area contributed by atoms with Gasteiger partial charge in [0, 0.05) is 11.7 Å². The highest BCUT2D eigenvalue weighted by molar-refractivity contribution is 5.19. The molecule has 15 heavy (non-hydrogen) atoms. The monoisotopic (exact) mass is 203 g/mol. The maximum Gasteiger partial charge on any atom is 0.0622 e. The molecule has 0 radical (unpaired) electrons. The molecule has 0 spiro atoms. The minimum atomic E-state index is 0.140. The molecule has 3 rings (SSSR count). The topological polar surface area (TPSA) is 51.8 Å². The van der Waals surface area contributed by atoms with Crippen LogP contribution in [0, 0.1) is 0 Å². The zero-order valence-electron chi connectivity index (χ0n) is 9.00. The Balaban J connectivity index is 1.70. The molecule has 2 N–H and O–H groups in total. The van der Waals surface area contributed by atoms with Crippen molar-refractivity contribution in [2.24, 2.45) is 5.73 Å². The second kappa shape index (κ2) is 3.27. The largest absolute Gasteiger partial charge is 0.325 e. The number of rotatable bonds is 3. The molecule has 0 atom stereocenters. The Morgan fingerprint density at radius 2 is 2.07 bits per heavy atom. The molecule has 3 heteroatoms. The summed E-state index contributed by atoms with van der Waals surface area (Å²) in [4.78, 5) is 9.14. The number of aromatic nitrogens is 2. The van der Waals surface area contributed by atoms with Gasteiger partial charge in [-0.05, 0) is 44.9 Å². The number of fused-ring (bicyclic) bond motifs is 1. The van der Waals surface area contributed by atoms with Crippen molar-refractivity contribution in [3.8, 4) is 0 Å². The second-order valence-electron chi connectivity index (χ2n) is 4.97. The molecule has 2 aliphatic carbocycles. The molecular weight excluding hydrogens is 186 g/mol. The van der Waals surface area contributed by atoms with E-state index >= 15 is 0 Å². The van der Waals surface area contributed by atoms with Crippen molar-refractivity contribution in [3.05, 3.63) is 23.3 Å². The third-order valence-electron chi connectivity index (χ3n) is 3.58. The highest BCUT2D eigenvalue weighted by atomic mass is 14.8. The number of hydrogen-bond donors (Lipinski definition) is 1. The summed E-state index contributed by atoms with van der Waals surface area (Å²) in [5, 5.41) is 0. The van der Waals surface area contributed by atoms with Gasteiger partial charge in [0.2, 0.25) is 0 Å². The lowest BCUT2D eigenvalue weighted by molar-refractivity contribution is 0.601. The first-order chi connectivity index (χ1) is 7.25. The number of aryl methyl sites for hydroxylation is 3. The molecule has 1 fully saturated rings. The van der Waals surface area contributed by atoms with Crippen molar-refractivity contribution in [2.75, 3.05) is 0 Å². The van der Waals surface area contributed by atoms with E-state index in [2.05, 4.69) is 9.97 Å². The van der Waals surface area contributed by atoms with Gasteiger partial charge >= 0.3 is 0 Å². The van der Waals surface area contributed by atoms with Crippen LogP contribution < -0.4 is 5.73 Å². The lowest BCUT2D eigenvalue weighted by Crippen LogP contribution is -2.22. The molecule has 1 aromatic heterocycles. The average molecular weight is 203 g/mol. The Labute approximate surface area is 90.1 Å². The molecule has 1 aromatic rings. The zero-order chi connectivity index (χ0) is 10.3. The summed E-state index contributed by atoms with van der Waals surface area (Å²) in [5.41, 5.74) is 9.78. The van der Waals surface area contributed by atoms with Crippen molar-refractivity contribution in [1.82, 2.24) is 9.97 Å². The molecule has 3 nitrogen and oxygen atoms in total. The summed E-state index contributed by atoms with van der Waals surface area (Å²) in [7, 11) is 0. The lowest BCUT2D eigenvalue weighted by atomic mass is 10.1. The summed E-state index contributed by atoms with van der Waals surface area (Å²) < 4.78 is 0. The van der Waals surface area contributed by atoms with Gasteiger partial charge in [-0.15, -0.1) is 0 Å². The van der Waals surface area contributed by atoms with Crippen molar-refractivity contribution < 1.29 is 0 Å². The highest BCUT2D eigenvalue weighted by Gasteiger charge is 2.37. The Morgan fingerprint density at radius 3 is 2.87 bits per heavy atom. The van der Waals surface area contributed by atoms with E-state index in [1.54, 1.807) is 0 Å². The summed E-state index contributed by atoms with van der Waals surface area (Å²) in [6, 6.07) is 0. The molecule has 0 saturated heterocycles. The Kier molecular flexibility index (Phi) is 2.02. The molecule has 0 unspecified atom stereocenters. The second-order valence-corrected chi connectivity index (χ2v) is 4.97. The summed E-state index contributed by atoms with van der Waals surface area (Å²) in [5.74, 6) is 0. The van der Waals surface area contributed by atoms with Crippen molar-refractivity contribution >= 4 is 0 Å². The van der Waals surface area contributed by atoms with Crippen LogP contribution in [0.15, 0.2) is 6.20 Å². The highest BCUT2D eigenvalue weighted by Crippen LogP contribution is 2.36. The van der Waals surface area contributed by atoms with Crippen LogP contribution in [0.25, 0.3) is 0 Å². The fraction of sp³-hybridized carbons (Fsp3) is 0.667. The van der Waals surface area contributed by atoms with E-state index in [1.165, 1.54) is 30.7 Å². The van der Waals surface area contributed by atoms with Crippen molar-refractivity contribution in [1.29, 1.82) is 0 Å². The Morgan fingerprint density at radius 1 is 1.27 bits per heavy atom. The van der Waals surface area contributed by atoms with Crippen LogP contribution >= 0.6 is 0 Å². The first-order valence-electron chi connectivity index (χ1n) is 5.88. The minimum absolute atomic E-state index is 0.140. The van der Waals surface area contributed by atoms with Crippen molar-refractivity contribution in [3.63, 3.8) is 0 Å². The first-order valence-corrected chi connectivity index (χ1v) is 5.88. The SMILES string of the molecule is NC1(CCc2cnc3c(n2)CCC3)CC1. The predicted molar refractivity (Wildman–Crippen MR) is 58.5 cm³/mol. The first kappa shape index (κ1) is 9.28. The normalized spacial score (nSPS) is 21.4. The van der Waals surface area contributed by atoms with Crippen LogP contribution in [0.2, 0.25) is 0 Å². The molecule has 0 aromatic carbocycles. The summed E-state index contributed by atoms with van der Waals surface area (Å²) >= 11 is 0. The quantitative estimate of drug-likeness (QED) is 0.807. The zero-order valence-corrected chi connectivity index (χ0v) is 9.00. The summed E-state index contributed by atoms with van der Waals surface area (Å²) in [6.07, 6.45) is 9.83. The average Bonchev–Trinajstić information content (AvgIpc) is 2.80. The van der Waals surface area contributed by atoms with Crippen LogP contribution in [0.4, 0.5) is 0 Å². The van der Waals surface area contributed by atoms with Gasteiger partial charge in [0.05, 0.1) is 17.1 Å². The minimum Gasteiger partial charge on any atom is -0.325 e. The number of hydrogen-bond acceptors (Lipinski definition) is 3. The lowest BCUT2D eigenvalue weighted by Gasteiger charge is -2.08. The molecule has 1 saturated carbocycles. The van der Waals surface area contributed by atoms with Gasteiger partial charge in [0.1, 0.15) is 0 Å². The molecule has 0 bridgehead atoms. The van der Waals surface area contributed by atoms with Crippen LogP contribution in [0.5, 0.6) is 0 Å². The van der Waals surface area contributed by atoms with Gasteiger partial charge in [0.15, 0.2) is 0 Å². The molecule has 1 heterocycles. The van der Waals surface area contributed by atoms with Gasteiger partial charge in [0.25, 0.3) is 0 Å². The summed E-state index contributed by atoms with van der Waals surface area (Å²) in [6.45, 7) is 0. The molecular formula is C12H17N3. The van der Waals surface area contributed by atoms with E-state index in [0.717, 1.165) is 31.4 Å². The molecule has 0 aliphatic heterocycles. The fourth-order valence-electron chi connectivity index (χ4n) is 2.23. The fourth-order valence-corrected chi connectivity index (χ4v) is 2.23. The third-order valence-corrected chi connectivity index (χ3v) is 3.58. The molecule has 0 amide bonds. The van der Waals surface area contributed by atoms with Gasteiger partial charge in [-0.3, -0.25) is 9.97 Å². The van der Waals surface area contributed by atoms with E-state index in [-0.39, 0.29) is 5.54 Å². The third kappa shape index (κ3) is 1.88. The number of nitrogens with zero attached hydrogens (tertiary/aromatic N) is 2. The van der Waals surface area contributed by atoms with E-state index in [1.807, 2.05) is 6.20 Å². The van der Waals surface area contributed by atoms with E-state index in [4.69, 9.17) is 5.73 Å². The maximum atomic E-state index is 6.06. The Bertz CT molecular complexity index is 382. The molecule has 80 valence electrons. The van der Waals surface area contributed by atoms with Crippen LogP contribution in [0.1, 0.15) is 42.8 Å². The van der Waals surface area contributed by atoms with E-state index in [0.29, 0.717) is 0 Å². The van der Waals surface area contributed by atoms with Gasteiger partial charge < -0.3 is 5.73 Å². The Hall–Kier alpha value is -0.960. The van der Waals surface area contributed by atoms with E-state index in [9.17, 15) is 0 Å². The van der Waals surface area contributed by atoms with Gasteiger partial charge in [-0.25, -0.2) is 0 Å². The van der Waals surface area contributed by atoms with Crippen LogP contribution in [-0.4, -0.2) is 15.5 Å². The smallest absolute Gasteiger partial charge is 0.0622 e. The van der Waals surface area contributed by atoms with Crippen LogP contribution in [-0.2, 0) is 19.3 Å². The molecule has 2 aliphatic rings. The standard InChI is InChI=1S/C12H17N3/c13-12(6-7-12)5-4-9-8-14-10-2-1-3-11(10)15-9/h8H,1-7,13H2. The predicted octanol–water partition coefficient (Wildman–Crippen LogP) is 1.39.